The van der Waals surface area contributed by atoms with Gasteiger partial charge in [0.1, 0.15) is 0 Å². The van der Waals surface area contributed by atoms with Gasteiger partial charge in [-0.3, -0.25) is 4.79 Å². The molecule has 0 spiro atoms. The number of H-pyrrole nitrogens is 1. The van der Waals surface area contributed by atoms with E-state index >= 15 is 0 Å². The molecule has 2 aromatic rings. The molecule has 1 N–H and O–H groups in total. The molecule has 1 saturated heterocycles. The lowest BCUT2D eigenvalue weighted by Gasteiger charge is -2.39. The molecule has 3 nitrogen and oxygen atoms in total. The fraction of sp³-hybridized carbons (Fsp3) is 0.550. The number of hydrogen-bond donors (Lipinski definition) is 1. The number of hydrogen-bond acceptors (Lipinski definition) is 1. The van der Waals surface area contributed by atoms with Gasteiger partial charge in [-0.1, -0.05) is 18.2 Å². The molecule has 134 valence electrons. The zero-order valence-electron chi connectivity index (χ0n) is 14.3. The molecule has 0 radical (unpaired) electrons. The minimum Gasteiger partial charge on any atom is -0.357 e. The summed E-state index contributed by atoms with van der Waals surface area (Å²) in [5.41, 5.74) is 2.08. The molecule has 0 bridgehead atoms. The standard InChI is InChI=1S/C20H24F2N2O/c21-20(22)10-5-7-15(13-20)19(25)24-11-4-3-9-18(24)17-12-14-6-1-2-8-16(14)23-17/h1-2,6,8,12,15,18,23H,3-5,7,9-11,13H2/t15-,18+/m0/s1. The largest absolute Gasteiger partial charge is 0.357 e. The Morgan fingerprint density at radius 3 is 2.80 bits per heavy atom. The van der Waals surface area contributed by atoms with Gasteiger partial charge in [0.2, 0.25) is 11.8 Å². The Labute approximate surface area is 146 Å². The Balaban J connectivity index is 1.59. The molecule has 2 atom stereocenters. The van der Waals surface area contributed by atoms with Crippen LogP contribution in [0.3, 0.4) is 0 Å². The summed E-state index contributed by atoms with van der Waals surface area (Å²) in [7, 11) is 0. The Hall–Kier alpha value is -1.91. The Morgan fingerprint density at radius 1 is 1.16 bits per heavy atom. The highest BCUT2D eigenvalue weighted by molar-refractivity contribution is 5.82. The number of amides is 1. The van der Waals surface area contributed by atoms with Gasteiger partial charge in [-0.25, -0.2) is 8.78 Å². The van der Waals surface area contributed by atoms with Gasteiger partial charge in [0.05, 0.1) is 6.04 Å². The van der Waals surface area contributed by atoms with Crippen molar-refractivity contribution in [2.24, 2.45) is 5.92 Å². The average Bonchev–Trinajstić information content (AvgIpc) is 3.04. The van der Waals surface area contributed by atoms with Gasteiger partial charge in [0.25, 0.3) is 0 Å². The monoisotopic (exact) mass is 346 g/mol. The summed E-state index contributed by atoms with van der Waals surface area (Å²) in [4.78, 5) is 18.3. The van der Waals surface area contributed by atoms with Crippen molar-refractivity contribution in [2.75, 3.05) is 6.54 Å². The van der Waals surface area contributed by atoms with Gasteiger partial charge >= 0.3 is 0 Å². The molecule has 2 fully saturated rings. The Morgan fingerprint density at radius 2 is 2.00 bits per heavy atom. The molecule has 0 unspecified atom stereocenters. The molecule has 5 heteroatoms. The molecule has 1 aromatic carbocycles. The number of benzene rings is 1. The number of aromatic nitrogens is 1. The molecule has 1 aliphatic heterocycles. The molecule has 2 heterocycles. The number of piperidine rings is 1. The van der Waals surface area contributed by atoms with Gasteiger partial charge in [0, 0.05) is 36.5 Å². The van der Waals surface area contributed by atoms with Gasteiger partial charge in [-0.05, 0) is 49.6 Å². The summed E-state index contributed by atoms with van der Waals surface area (Å²) in [6.07, 6.45) is 3.56. The molecule has 2 aliphatic rings. The zero-order chi connectivity index (χ0) is 17.4. The van der Waals surface area contributed by atoms with Crippen LogP contribution >= 0.6 is 0 Å². The topological polar surface area (TPSA) is 36.1 Å². The van der Waals surface area contributed by atoms with E-state index in [1.54, 1.807) is 0 Å². The van der Waals surface area contributed by atoms with Crippen LogP contribution in [0.15, 0.2) is 30.3 Å². The molecular formula is C20H24F2N2O. The predicted molar refractivity (Wildman–Crippen MR) is 93.5 cm³/mol. The van der Waals surface area contributed by atoms with E-state index in [2.05, 4.69) is 11.1 Å². The van der Waals surface area contributed by atoms with Crippen LogP contribution in [-0.4, -0.2) is 28.3 Å². The number of alkyl halides is 2. The van der Waals surface area contributed by atoms with Crippen LogP contribution < -0.4 is 0 Å². The highest BCUT2D eigenvalue weighted by Gasteiger charge is 2.42. The second kappa shape index (κ2) is 6.43. The third-order valence-corrected chi connectivity index (χ3v) is 5.69. The highest BCUT2D eigenvalue weighted by Crippen LogP contribution is 2.40. The number of likely N-dealkylation sites (tertiary alicyclic amines) is 1. The van der Waals surface area contributed by atoms with E-state index in [0.29, 0.717) is 19.4 Å². The summed E-state index contributed by atoms with van der Waals surface area (Å²) in [6.45, 7) is 0.668. The predicted octanol–water partition coefficient (Wildman–Crippen LogP) is 5.05. The molecule has 1 saturated carbocycles. The summed E-state index contributed by atoms with van der Waals surface area (Å²) in [5.74, 6) is -3.30. The van der Waals surface area contributed by atoms with Crippen molar-refractivity contribution in [3.63, 3.8) is 0 Å². The Kier molecular flexibility index (Phi) is 4.26. The van der Waals surface area contributed by atoms with Crippen LogP contribution in [0.5, 0.6) is 0 Å². The Bertz CT molecular complexity index is 737. The zero-order valence-corrected chi connectivity index (χ0v) is 14.3. The van der Waals surface area contributed by atoms with E-state index in [1.807, 2.05) is 29.2 Å². The van der Waals surface area contributed by atoms with Crippen LogP contribution in [0, 0.1) is 5.92 Å². The quantitative estimate of drug-likeness (QED) is 0.812. The van der Waals surface area contributed by atoms with Crippen molar-refractivity contribution < 1.29 is 13.6 Å². The first-order chi connectivity index (χ1) is 12.0. The molecule has 25 heavy (non-hydrogen) atoms. The number of nitrogens with zero attached hydrogens (tertiary/aromatic N) is 1. The number of para-hydroxylation sites is 1. The maximum Gasteiger partial charge on any atom is 0.248 e. The average molecular weight is 346 g/mol. The van der Waals surface area contributed by atoms with E-state index < -0.39 is 11.8 Å². The SMILES string of the molecule is O=C([C@H]1CCCC(F)(F)C1)N1CCCC[C@@H]1c1cc2ccccc2[nH]1. The van der Waals surface area contributed by atoms with Gasteiger partial charge in [0.15, 0.2) is 0 Å². The molecule has 4 rings (SSSR count). The fourth-order valence-corrected chi connectivity index (χ4v) is 4.41. The van der Waals surface area contributed by atoms with Gasteiger partial charge < -0.3 is 9.88 Å². The third kappa shape index (κ3) is 3.29. The third-order valence-electron chi connectivity index (χ3n) is 5.69. The lowest BCUT2D eigenvalue weighted by molar-refractivity contribution is -0.146. The minimum absolute atomic E-state index is 0.0239. The van der Waals surface area contributed by atoms with Gasteiger partial charge in [-0.2, -0.15) is 0 Å². The molecule has 1 amide bonds. The summed E-state index contributed by atoms with van der Waals surface area (Å²) >= 11 is 0. The number of halogens is 2. The minimum atomic E-state index is -2.69. The van der Waals surface area contributed by atoms with E-state index in [1.165, 1.54) is 0 Å². The van der Waals surface area contributed by atoms with E-state index in [0.717, 1.165) is 35.9 Å². The smallest absolute Gasteiger partial charge is 0.248 e. The lowest BCUT2D eigenvalue weighted by Crippen LogP contribution is -2.44. The lowest BCUT2D eigenvalue weighted by atomic mass is 9.84. The van der Waals surface area contributed by atoms with Crippen molar-refractivity contribution >= 4 is 16.8 Å². The normalized spacial score (nSPS) is 26.7. The van der Waals surface area contributed by atoms with Crippen LogP contribution in [0.25, 0.3) is 10.9 Å². The van der Waals surface area contributed by atoms with Crippen LogP contribution in [0.1, 0.15) is 56.7 Å². The number of nitrogens with one attached hydrogen (secondary N) is 1. The number of rotatable bonds is 2. The maximum atomic E-state index is 13.8. The van der Waals surface area contributed by atoms with E-state index in [9.17, 15) is 13.6 Å². The second-order valence-electron chi connectivity index (χ2n) is 7.50. The molecule has 1 aliphatic carbocycles. The summed E-state index contributed by atoms with van der Waals surface area (Å²) in [6, 6.07) is 10.1. The highest BCUT2D eigenvalue weighted by atomic mass is 19.3. The first-order valence-electron chi connectivity index (χ1n) is 9.29. The number of carbonyl (C=O) groups excluding carboxylic acids is 1. The number of fused-ring (bicyclic) bond motifs is 1. The van der Waals surface area contributed by atoms with Crippen molar-refractivity contribution in [2.45, 2.75) is 56.9 Å². The van der Waals surface area contributed by atoms with Crippen LogP contribution in [0.2, 0.25) is 0 Å². The van der Waals surface area contributed by atoms with Gasteiger partial charge in [-0.15, -0.1) is 0 Å². The molecule has 1 aromatic heterocycles. The van der Waals surface area contributed by atoms with E-state index in [-0.39, 0.29) is 24.8 Å². The van der Waals surface area contributed by atoms with Crippen molar-refractivity contribution in [3.05, 3.63) is 36.0 Å². The van der Waals surface area contributed by atoms with Crippen molar-refractivity contribution in [1.82, 2.24) is 9.88 Å². The first-order valence-corrected chi connectivity index (χ1v) is 9.29. The number of aromatic amines is 1. The van der Waals surface area contributed by atoms with Crippen LogP contribution in [0.4, 0.5) is 8.78 Å². The summed E-state index contributed by atoms with van der Waals surface area (Å²) in [5, 5.41) is 1.12. The second-order valence-corrected chi connectivity index (χ2v) is 7.50. The van der Waals surface area contributed by atoms with E-state index in [4.69, 9.17) is 0 Å². The maximum absolute atomic E-state index is 13.8. The van der Waals surface area contributed by atoms with Crippen molar-refractivity contribution in [1.29, 1.82) is 0 Å². The fourth-order valence-electron chi connectivity index (χ4n) is 4.41. The van der Waals surface area contributed by atoms with Crippen molar-refractivity contribution in [3.8, 4) is 0 Å². The first kappa shape index (κ1) is 16.6. The van der Waals surface area contributed by atoms with Crippen LogP contribution in [-0.2, 0) is 4.79 Å². The number of carbonyl (C=O) groups is 1. The summed E-state index contributed by atoms with van der Waals surface area (Å²) < 4.78 is 27.5. The molecular weight excluding hydrogens is 322 g/mol.